The van der Waals surface area contributed by atoms with Crippen LogP contribution in [0.1, 0.15) is 26.7 Å². The Morgan fingerprint density at radius 2 is 1.90 bits per heavy atom. The molecule has 1 N–H and O–H groups in total. The van der Waals surface area contributed by atoms with Gasteiger partial charge in [-0.05, 0) is 43.7 Å². The number of hydrogen-bond acceptors (Lipinski definition) is 5. The first kappa shape index (κ1) is 22.7. The van der Waals surface area contributed by atoms with Crippen LogP contribution in [0, 0.1) is 5.92 Å². The molecule has 29 heavy (non-hydrogen) atoms. The Balaban J connectivity index is 1.89. The van der Waals surface area contributed by atoms with Gasteiger partial charge in [-0.1, -0.05) is 13.8 Å². The Labute approximate surface area is 166 Å². The van der Waals surface area contributed by atoms with Crippen LogP contribution < -0.4 is 10.1 Å². The lowest BCUT2D eigenvalue weighted by molar-refractivity contribution is -0.274. The maximum absolute atomic E-state index is 12.5. The summed E-state index contributed by atoms with van der Waals surface area (Å²) in [5, 5.41) is 2.54. The van der Waals surface area contributed by atoms with Crippen LogP contribution in [-0.4, -0.2) is 60.1 Å². The van der Waals surface area contributed by atoms with Crippen molar-refractivity contribution in [1.29, 1.82) is 0 Å². The molecule has 2 rings (SSSR count). The Kier molecular flexibility index (Phi) is 7.23. The first-order valence-corrected chi connectivity index (χ1v) is 9.16. The average molecular weight is 415 g/mol. The van der Waals surface area contributed by atoms with Crippen LogP contribution in [0.3, 0.4) is 0 Å². The number of benzene rings is 1. The molecular weight excluding hydrogens is 391 g/mol. The number of imide groups is 1. The number of halogens is 3. The number of likely N-dealkylation sites (N-methyl/N-ethyl adjacent to an activating group) is 1. The minimum Gasteiger partial charge on any atom is -0.406 e. The van der Waals surface area contributed by atoms with E-state index in [0.29, 0.717) is 18.9 Å². The zero-order chi connectivity index (χ0) is 21.8. The Bertz CT molecular complexity index is 750. The van der Waals surface area contributed by atoms with E-state index in [9.17, 15) is 27.6 Å². The third kappa shape index (κ3) is 6.74. The van der Waals surface area contributed by atoms with E-state index in [4.69, 9.17) is 0 Å². The van der Waals surface area contributed by atoms with E-state index in [1.54, 1.807) is 7.05 Å². The molecule has 1 aliphatic heterocycles. The van der Waals surface area contributed by atoms with Gasteiger partial charge < -0.3 is 10.1 Å². The highest BCUT2D eigenvalue weighted by Crippen LogP contribution is 2.24. The van der Waals surface area contributed by atoms with Crippen LogP contribution in [0.15, 0.2) is 24.3 Å². The molecule has 0 radical (unpaired) electrons. The topological polar surface area (TPSA) is 79.0 Å². The Hall–Kier alpha value is -2.62. The highest BCUT2D eigenvalue weighted by Gasteiger charge is 2.40. The number of nitrogens with zero attached hydrogens (tertiary/aromatic N) is 2. The van der Waals surface area contributed by atoms with Crippen molar-refractivity contribution in [2.45, 2.75) is 39.1 Å². The van der Waals surface area contributed by atoms with Crippen molar-refractivity contribution < 1.29 is 32.3 Å². The predicted molar refractivity (Wildman–Crippen MR) is 99.0 cm³/mol. The van der Waals surface area contributed by atoms with Crippen molar-refractivity contribution in [2.75, 3.05) is 25.5 Å². The van der Waals surface area contributed by atoms with Gasteiger partial charge in [0, 0.05) is 12.2 Å². The summed E-state index contributed by atoms with van der Waals surface area (Å²) in [7, 11) is 1.57. The van der Waals surface area contributed by atoms with E-state index in [-0.39, 0.29) is 30.5 Å². The van der Waals surface area contributed by atoms with Crippen molar-refractivity contribution in [2.24, 2.45) is 5.92 Å². The van der Waals surface area contributed by atoms with Crippen LogP contribution >= 0.6 is 0 Å². The zero-order valence-corrected chi connectivity index (χ0v) is 16.5. The number of nitrogens with one attached hydrogen (secondary N) is 1. The van der Waals surface area contributed by atoms with E-state index in [2.05, 4.69) is 10.1 Å². The van der Waals surface area contributed by atoms with E-state index < -0.39 is 24.1 Å². The first-order chi connectivity index (χ1) is 13.5. The monoisotopic (exact) mass is 415 g/mol. The molecule has 0 aliphatic carbocycles. The summed E-state index contributed by atoms with van der Waals surface area (Å²) in [6, 6.07) is 4.01. The molecule has 0 bridgehead atoms. The van der Waals surface area contributed by atoms with Crippen LogP contribution in [0.25, 0.3) is 0 Å². The predicted octanol–water partition coefficient (Wildman–Crippen LogP) is 2.63. The van der Waals surface area contributed by atoms with Gasteiger partial charge in [0.15, 0.2) is 0 Å². The molecule has 1 fully saturated rings. The number of anilines is 1. The van der Waals surface area contributed by atoms with Crippen LogP contribution in [0.2, 0.25) is 0 Å². The molecule has 1 aromatic rings. The highest BCUT2D eigenvalue weighted by atomic mass is 19.4. The van der Waals surface area contributed by atoms with Crippen LogP contribution in [-0.2, 0) is 14.4 Å². The van der Waals surface area contributed by atoms with Gasteiger partial charge in [-0.2, -0.15) is 0 Å². The summed E-state index contributed by atoms with van der Waals surface area (Å²) in [4.78, 5) is 39.5. The Morgan fingerprint density at radius 1 is 1.28 bits per heavy atom. The second-order valence-electron chi connectivity index (χ2n) is 7.32. The minimum absolute atomic E-state index is 0.0180. The number of ether oxygens (including phenoxy) is 1. The number of hydrogen-bond donors (Lipinski definition) is 1. The molecule has 0 spiro atoms. The van der Waals surface area contributed by atoms with Gasteiger partial charge in [-0.25, -0.2) is 0 Å². The standard InChI is InChI=1S/C19H24F3N3O4/c1-12(2)8-9-25-17(27)10-15(18(25)28)24(3)11-16(26)23-13-4-6-14(7-5-13)29-19(20,21)22/h4-7,12,15H,8-11H2,1-3H3,(H,23,26). The number of likely N-dealkylation sites (tertiary alicyclic amines) is 1. The minimum atomic E-state index is -4.79. The summed E-state index contributed by atoms with van der Waals surface area (Å²) >= 11 is 0. The fourth-order valence-corrected chi connectivity index (χ4v) is 2.91. The summed E-state index contributed by atoms with van der Waals surface area (Å²) in [5.74, 6) is -1.08. The summed E-state index contributed by atoms with van der Waals surface area (Å²) in [6.07, 6.45) is -4.06. The molecule has 0 saturated carbocycles. The maximum atomic E-state index is 12.5. The van der Waals surface area contributed by atoms with E-state index in [1.165, 1.54) is 21.9 Å². The number of carbonyl (C=O) groups is 3. The molecule has 3 amide bonds. The molecule has 160 valence electrons. The van der Waals surface area contributed by atoms with Crippen LogP contribution in [0.4, 0.5) is 18.9 Å². The number of alkyl halides is 3. The lowest BCUT2D eigenvalue weighted by atomic mass is 10.1. The van der Waals surface area contributed by atoms with Crippen LogP contribution in [0.5, 0.6) is 5.75 Å². The van der Waals surface area contributed by atoms with Crippen molar-refractivity contribution >= 4 is 23.4 Å². The molecule has 1 aliphatic rings. The highest BCUT2D eigenvalue weighted by molar-refractivity contribution is 6.05. The molecule has 10 heteroatoms. The summed E-state index contributed by atoms with van der Waals surface area (Å²) in [5.41, 5.74) is 0.283. The third-order valence-electron chi connectivity index (χ3n) is 4.45. The average Bonchev–Trinajstić information content (AvgIpc) is 2.87. The largest absolute Gasteiger partial charge is 0.573 e. The van der Waals surface area contributed by atoms with Crippen molar-refractivity contribution in [3.8, 4) is 5.75 Å². The maximum Gasteiger partial charge on any atom is 0.573 e. The normalized spacial score (nSPS) is 17.4. The lowest BCUT2D eigenvalue weighted by Crippen LogP contribution is -2.43. The van der Waals surface area contributed by atoms with Gasteiger partial charge in [-0.15, -0.1) is 13.2 Å². The Morgan fingerprint density at radius 3 is 2.45 bits per heavy atom. The molecule has 1 aromatic carbocycles. The van der Waals surface area contributed by atoms with E-state index >= 15 is 0 Å². The molecule has 1 unspecified atom stereocenters. The number of carbonyl (C=O) groups excluding carboxylic acids is 3. The van der Waals surface area contributed by atoms with E-state index in [0.717, 1.165) is 12.1 Å². The molecule has 1 heterocycles. The molecule has 1 saturated heterocycles. The summed E-state index contributed by atoms with van der Waals surface area (Å²) < 4.78 is 40.3. The lowest BCUT2D eigenvalue weighted by Gasteiger charge is -2.22. The molecule has 0 aromatic heterocycles. The second kappa shape index (κ2) is 9.25. The number of rotatable bonds is 8. The van der Waals surface area contributed by atoms with Gasteiger partial charge in [-0.3, -0.25) is 24.2 Å². The van der Waals surface area contributed by atoms with Gasteiger partial charge in [0.2, 0.25) is 17.7 Å². The second-order valence-corrected chi connectivity index (χ2v) is 7.32. The van der Waals surface area contributed by atoms with Gasteiger partial charge >= 0.3 is 6.36 Å². The smallest absolute Gasteiger partial charge is 0.406 e. The fraction of sp³-hybridized carbons (Fsp3) is 0.526. The zero-order valence-electron chi connectivity index (χ0n) is 16.5. The molecule has 1 atom stereocenters. The van der Waals surface area contributed by atoms with Gasteiger partial charge in [0.05, 0.1) is 19.0 Å². The van der Waals surface area contributed by atoms with E-state index in [1.807, 2.05) is 13.8 Å². The summed E-state index contributed by atoms with van der Waals surface area (Å²) in [6.45, 7) is 4.21. The number of amides is 3. The fourth-order valence-electron chi connectivity index (χ4n) is 2.91. The van der Waals surface area contributed by atoms with Crippen molar-refractivity contribution in [3.63, 3.8) is 0 Å². The van der Waals surface area contributed by atoms with Gasteiger partial charge in [0.25, 0.3) is 0 Å². The first-order valence-electron chi connectivity index (χ1n) is 9.16. The van der Waals surface area contributed by atoms with Crippen molar-refractivity contribution in [1.82, 2.24) is 9.80 Å². The van der Waals surface area contributed by atoms with Gasteiger partial charge in [0.1, 0.15) is 5.75 Å². The molecule has 7 nitrogen and oxygen atoms in total. The quantitative estimate of drug-likeness (QED) is 0.661. The van der Waals surface area contributed by atoms with Crippen molar-refractivity contribution in [3.05, 3.63) is 24.3 Å². The SMILES string of the molecule is CC(C)CCN1C(=O)CC(N(C)CC(=O)Nc2ccc(OC(F)(F)F)cc2)C1=O. The third-order valence-corrected chi connectivity index (χ3v) is 4.45. The molecular formula is C19H24F3N3O4.